The van der Waals surface area contributed by atoms with Gasteiger partial charge >= 0.3 is 0 Å². The SMILES string of the molecule is Cc1ccc(N(c2ccc(C)cc2)c2ccc(C=Cc3c(C)cc(C)c(C=Cc4ccc(N(c5ccc(C)cc5)c5ccc(C)cc5)cc4)c3C)cc2)cc1. The maximum atomic E-state index is 2.32. The van der Waals surface area contributed by atoms with Gasteiger partial charge < -0.3 is 9.80 Å². The Labute approximate surface area is 328 Å². The van der Waals surface area contributed by atoms with E-state index in [0.717, 1.165) is 34.1 Å². The van der Waals surface area contributed by atoms with E-state index in [2.05, 4.69) is 234 Å². The van der Waals surface area contributed by atoms with Crippen LogP contribution in [0.25, 0.3) is 24.3 Å². The minimum absolute atomic E-state index is 1.13. The molecule has 0 bridgehead atoms. The molecule has 2 heteroatoms. The first kappa shape index (κ1) is 37.0. The average Bonchev–Trinajstić information content (AvgIpc) is 3.19. The molecule has 2 nitrogen and oxygen atoms in total. The highest BCUT2D eigenvalue weighted by molar-refractivity contribution is 5.82. The van der Waals surface area contributed by atoms with Crippen molar-refractivity contribution in [3.63, 3.8) is 0 Å². The predicted molar refractivity (Wildman–Crippen MR) is 240 cm³/mol. The largest absolute Gasteiger partial charge is 0.311 e. The molecule has 0 aliphatic rings. The molecule has 0 heterocycles. The molecule has 0 radical (unpaired) electrons. The van der Waals surface area contributed by atoms with Gasteiger partial charge in [-0.15, -0.1) is 0 Å². The maximum absolute atomic E-state index is 2.32. The smallest absolute Gasteiger partial charge is 0.0462 e. The topological polar surface area (TPSA) is 6.48 Å². The van der Waals surface area contributed by atoms with Gasteiger partial charge in [0.25, 0.3) is 0 Å². The van der Waals surface area contributed by atoms with Crippen molar-refractivity contribution >= 4 is 58.4 Å². The van der Waals surface area contributed by atoms with Crippen molar-refractivity contribution in [1.82, 2.24) is 0 Å². The van der Waals surface area contributed by atoms with Gasteiger partial charge in [-0.1, -0.05) is 125 Å². The highest BCUT2D eigenvalue weighted by Crippen LogP contribution is 2.37. The molecule has 0 amide bonds. The lowest BCUT2D eigenvalue weighted by Crippen LogP contribution is -2.09. The number of hydrogen-bond acceptors (Lipinski definition) is 2. The standard InChI is InChI=1S/C53H50N2/c1-37-8-22-46(23-9-37)54(47-24-10-38(2)11-25-47)50-30-16-44(17-31-50)20-34-52-41(5)36-42(6)53(43(52)7)35-21-45-18-32-51(33-19-45)55(48-26-12-39(3)13-27-48)49-28-14-40(4)15-29-49/h8-36H,1-7H3. The average molecular weight is 715 g/mol. The Morgan fingerprint density at radius 2 is 0.527 bits per heavy atom. The Kier molecular flexibility index (Phi) is 11.0. The molecular formula is C53H50N2. The zero-order valence-corrected chi connectivity index (χ0v) is 33.1. The molecule has 0 N–H and O–H groups in total. The molecule has 0 aliphatic heterocycles. The zero-order chi connectivity index (χ0) is 38.5. The molecule has 0 aromatic heterocycles. The molecule has 0 aliphatic carbocycles. The zero-order valence-electron chi connectivity index (χ0n) is 33.1. The number of hydrogen-bond donors (Lipinski definition) is 0. The van der Waals surface area contributed by atoms with Crippen LogP contribution in [0.3, 0.4) is 0 Å². The molecule has 7 aromatic rings. The highest BCUT2D eigenvalue weighted by Gasteiger charge is 2.14. The molecular weight excluding hydrogens is 665 g/mol. The highest BCUT2D eigenvalue weighted by atomic mass is 15.1. The fourth-order valence-corrected chi connectivity index (χ4v) is 7.23. The second kappa shape index (κ2) is 16.3. The van der Waals surface area contributed by atoms with Crippen LogP contribution in [0, 0.1) is 48.5 Å². The van der Waals surface area contributed by atoms with Crippen molar-refractivity contribution in [2.75, 3.05) is 9.80 Å². The lowest BCUT2D eigenvalue weighted by Gasteiger charge is -2.26. The van der Waals surface area contributed by atoms with Crippen LogP contribution in [-0.2, 0) is 0 Å². The van der Waals surface area contributed by atoms with E-state index in [4.69, 9.17) is 0 Å². The minimum Gasteiger partial charge on any atom is -0.311 e. The normalized spacial score (nSPS) is 11.4. The number of anilines is 6. The van der Waals surface area contributed by atoms with Crippen molar-refractivity contribution in [3.05, 3.63) is 213 Å². The summed E-state index contributed by atoms with van der Waals surface area (Å²) in [4.78, 5) is 4.63. The number of rotatable bonds is 10. The van der Waals surface area contributed by atoms with E-state index in [1.165, 1.54) is 61.2 Å². The van der Waals surface area contributed by atoms with Gasteiger partial charge in [-0.25, -0.2) is 0 Å². The summed E-state index contributed by atoms with van der Waals surface area (Å²) in [5.41, 5.74) is 20.5. The van der Waals surface area contributed by atoms with Crippen molar-refractivity contribution in [2.45, 2.75) is 48.5 Å². The summed E-state index contributed by atoms with van der Waals surface area (Å²) >= 11 is 0. The Morgan fingerprint density at radius 1 is 0.291 bits per heavy atom. The third kappa shape index (κ3) is 8.56. The van der Waals surface area contributed by atoms with Gasteiger partial charge in [-0.3, -0.25) is 0 Å². The van der Waals surface area contributed by atoms with Crippen molar-refractivity contribution in [2.24, 2.45) is 0 Å². The van der Waals surface area contributed by atoms with Gasteiger partial charge in [0.2, 0.25) is 0 Å². The lowest BCUT2D eigenvalue weighted by atomic mass is 9.92. The third-order valence-corrected chi connectivity index (χ3v) is 10.4. The Balaban J connectivity index is 1.12. The summed E-state index contributed by atoms with van der Waals surface area (Å²) in [7, 11) is 0. The van der Waals surface area contributed by atoms with Crippen molar-refractivity contribution in [1.29, 1.82) is 0 Å². The first-order chi connectivity index (χ1) is 26.6. The van der Waals surface area contributed by atoms with E-state index in [0.29, 0.717) is 0 Å². The van der Waals surface area contributed by atoms with Crippen LogP contribution in [-0.4, -0.2) is 0 Å². The molecule has 7 aromatic carbocycles. The summed E-state index contributed by atoms with van der Waals surface area (Å²) in [6.45, 7) is 15.2. The molecule has 0 spiro atoms. The number of benzene rings is 7. The van der Waals surface area contributed by atoms with Crippen molar-refractivity contribution in [3.8, 4) is 0 Å². The van der Waals surface area contributed by atoms with E-state index >= 15 is 0 Å². The van der Waals surface area contributed by atoms with Crippen LogP contribution in [0.15, 0.2) is 152 Å². The summed E-state index contributed by atoms with van der Waals surface area (Å²) < 4.78 is 0. The second-order valence-electron chi connectivity index (χ2n) is 14.8. The molecule has 0 saturated heterocycles. The molecule has 55 heavy (non-hydrogen) atoms. The Morgan fingerprint density at radius 3 is 0.782 bits per heavy atom. The Bertz CT molecular complexity index is 2170. The van der Waals surface area contributed by atoms with E-state index in [1.807, 2.05) is 0 Å². The number of aryl methyl sites for hydroxylation is 6. The first-order valence-corrected chi connectivity index (χ1v) is 19.2. The third-order valence-electron chi connectivity index (χ3n) is 10.4. The van der Waals surface area contributed by atoms with Gasteiger partial charge in [0, 0.05) is 34.1 Å². The van der Waals surface area contributed by atoms with Crippen LogP contribution in [0.4, 0.5) is 34.1 Å². The lowest BCUT2D eigenvalue weighted by molar-refractivity contribution is 1.27. The monoisotopic (exact) mass is 714 g/mol. The van der Waals surface area contributed by atoms with Crippen LogP contribution in [0.2, 0.25) is 0 Å². The van der Waals surface area contributed by atoms with Crippen LogP contribution < -0.4 is 9.80 Å². The fourth-order valence-electron chi connectivity index (χ4n) is 7.23. The van der Waals surface area contributed by atoms with E-state index in [1.54, 1.807) is 0 Å². The minimum atomic E-state index is 1.13. The molecule has 272 valence electrons. The van der Waals surface area contributed by atoms with E-state index in [9.17, 15) is 0 Å². The van der Waals surface area contributed by atoms with Crippen LogP contribution >= 0.6 is 0 Å². The fraction of sp³-hybridized carbons (Fsp3) is 0.132. The summed E-state index contributed by atoms with van der Waals surface area (Å²) in [6, 6.07) is 55.0. The molecule has 0 atom stereocenters. The molecule has 0 fully saturated rings. The van der Waals surface area contributed by atoms with Gasteiger partial charge in [-0.05, 0) is 160 Å². The van der Waals surface area contributed by atoms with Gasteiger partial charge in [0.1, 0.15) is 0 Å². The Hall–Kier alpha value is -6.38. The number of nitrogens with zero attached hydrogens (tertiary/aromatic N) is 2. The first-order valence-electron chi connectivity index (χ1n) is 19.2. The second-order valence-corrected chi connectivity index (χ2v) is 14.8. The predicted octanol–water partition coefficient (Wildman–Crippen LogP) is 15.1. The molecule has 7 rings (SSSR count). The molecule has 0 unspecified atom stereocenters. The summed E-state index contributed by atoms with van der Waals surface area (Å²) in [6.07, 6.45) is 9.01. The van der Waals surface area contributed by atoms with Crippen LogP contribution in [0.1, 0.15) is 61.2 Å². The van der Waals surface area contributed by atoms with Gasteiger partial charge in [-0.2, -0.15) is 0 Å². The quantitative estimate of drug-likeness (QED) is 0.130. The van der Waals surface area contributed by atoms with E-state index in [-0.39, 0.29) is 0 Å². The maximum Gasteiger partial charge on any atom is 0.0462 e. The van der Waals surface area contributed by atoms with Gasteiger partial charge in [0.15, 0.2) is 0 Å². The van der Waals surface area contributed by atoms with Gasteiger partial charge in [0.05, 0.1) is 0 Å². The van der Waals surface area contributed by atoms with E-state index < -0.39 is 0 Å². The van der Waals surface area contributed by atoms with Crippen molar-refractivity contribution < 1.29 is 0 Å². The summed E-state index contributed by atoms with van der Waals surface area (Å²) in [5, 5.41) is 0. The summed E-state index contributed by atoms with van der Waals surface area (Å²) in [5.74, 6) is 0. The molecule has 0 saturated carbocycles. The van der Waals surface area contributed by atoms with Crippen LogP contribution in [0.5, 0.6) is 0 Å².